The smallest absolute Gasteiger partial charge is 0.339 e. The van der Waals surface area contributed by atoms with Gasteiger partial charge in [0.1, 0.15) is 11.4 Å². The van der Waals surface area contributed by atoms with Crippen molar-refractivity contribution in [1.29, 1.82) is 0 Å². The Labute approximate surface area is 113 Å². The van der Waals surface area contributed by atoms with Gasteiger partial charge in [-0.3, -0.25) is 0 Å². The zero-order valence-corrected chi connectivity index (χ0v) is 11.9. The molecule has 0 amide bonds. The van der Waals surface area contributed by atoms with Crippen LogP contribution in [0.3, 0.4) is 0 Å². The Morgan fingerprint density at radius 1 is 1.42 bits per heavy atom. The molecule has 1 aromatic rings. The van der Waals surface area contributed by atoms with E-state index in [-0.39, 0.29) is 24.1 Å². The average molecular weight is 266 g/mol. The second kappa shape index (κ2) is 6.52. The lowest BCUT2D eigenvalue weighted by molar-refractivity contribution is 0.0696. The van der Waals surface area contributed by atoms with Gasteiger partial charge < -0.3 is 15.5 Å². The highest BCUT2D eigenvalue weighted by molar-refractivity contribution is 5.94. The van der Waals surface area contributed by atoms with E-state index in [0.29, 0.717) is 17.8 Å². The Morgan fingerprint density at radius 3 is 2.53 bits per heavy atom. The minimum absolute atomic E-state index is 0.00296. The number of pyridine rings is 1. The molecule has 1 unspecified atom stereocenters. The number of hydrogen-bond acceptors (Lipinski definition) is 4. The van der Waals surface area contributed by atoms with Crippen LogP contribution in [0.1, 0.15) is 41.9 Å². The highest BCUT2D eigenvalue weighted by Gasteiger charge is 2.20. The number of nitrogens with zero attached hydrogens (tertiary/aromatic N) is 1. The number of aliphatic hydroxyl groups excluding tert-OH is 1. The second-order valence-corrected chi connectivity index (χ2v) is 5.12. The van der Waals surface area contributed by atoms with Crippen molar-refractivity contribution in [2.24, 2.45) is 5.92 Å². The second-order valence-electron chi connectivity index (χ2n) is 5.12. The van der Waals surface area contributed by atoms with Gasteiger partial charge in [0.05, 0.1) is 0 Å². The van der Waals surface area contributed by atoms with Crippen LogP contribution in [0.4, 0.5) is 5.82 Å². The SMILES string of the molecule is Cc1cc(C)c(C(=O)O)c(NC(CCO)C(C)C)n1. The van der Waals surface area contributed by atoms with Crippen molar-refractivity contribution in [1.82, 2.24) is 4.98 Å². The lowest BCUT2D eigenvalue weighted by Crippen LogP contribution is -2.28. The van der Waals surface area contributed by atoms with Crippen molar-refractivity contribution in [3.05, 3.63) is 22.9 Å². The van der Waals surface area contributed by atoms with Gasteiger partial charge in [-0.2, -0.15) is 0 Å². The highest BCUT2D eigenvalue weighted by Crippen LogP contribution is 2.21. The van der Waals surface area contributed by atoms with Crippen LogP contribution in [0.2, 0.25) is 0 Å². The summed E-state index contributed by atoms with van der Waals surface area (Å²) in [4.78, 5) is 15.6. The molecule has 0 fully saturated rings. The first kappa shape index (κ1) is 15.4. The molecule has 1 aromatic heterocycles. The molecule has 1 rings (SSSR count). The van der Waals surface area contributed by atoms with Crippen molar-refractivity contribution in [2.45, 2.75) is 40.2 Å². The van der Waals surface area contributed by atoms with Crippen molar-refractivity contribution in [2.75, 3.05) is 11.9 Å². The van der Waals surface area contributed by atoms with Crippen LogP contribution in [-0.2, 0) is 0 Å². The van der Waals surface area contributed by atoms with Gasteiger partial charge >= 0.3 is 5.97 Å². The third kappa shape index (κ3) is 3.92. The number of carboxylic acid groups (broad SMARTS) is 1. The van der Waals surface area contributed by atoms with Crippen molar-refractivity contribution in [3.8, 4) is 0 Å². The third-order valence-corrected chi connectivity index (χ3v) is 3.13. The number of carbonyl (C=O) groups is 1. The molecule has 0 spiro atoms. The van der Waals surface area contributed by atoms with Crippen molar-refractivity contribution < 1.29 is 15.0 Å². The summed E-state index contributed by atoms with van der Waals surface area (Å²) in [6, 6.07) is 1.75. The Balaban J connectivity index is 3.14. The quantitative estimate of drug-likeness (QED) is 0.735. The van der Waals surface area contributed by atoms with Gasteiger partial charge in [-0.15, -0.1) is 0 Å². The van der Waals surface area contributed by atoms with E-state index < -0.39 is 5.97 Å². The molecular formula is C14H22N2O3. The standard InChI is InChI=1S/C14H22N2O3/c1-8(2)11(5-6-17)16-13-12(14(18)19)9(3)7-10(4)15-13/h7-8,11,17H,5-6H2,1-4H3,(H,15,16)(H,18,19). The summed E-state index contributed by atoms with van der Waals surface area (Å²) in [5.41, 5.74) is 1.67. The predicted octanol–water partition coefficient (Wildman–Crippen LogP) is 2.22. The molecule has 3 N–H and O–H groups in total. The van der Waals surface area contributed by atoms with Gasteiger partial charge in [-0.1, -0.05) is 13.8 Å². The molecule has 0 saturated carbocycles. The maximum absolute atomic E-state index is 11.3. The molecule has 0 aliphatic carbocycles. The fourth-order valence-electron chi connectivity index (χ4n) is 2.10. The summed E-state index contributed by atoms with van der Waals surface area (Å²) in [7, 11) is 0. The number of hydrogen-bond donors (Lipinski definition) is 3. The topological polar surface area (TPSA) is 82.5 Å². The fourth-order valence-corrected chi connectivity index (χ4v) is 2.10. The molecule has 0 aliphatic rings. The Kier molecular flexibility index (Phi) is 5.30. The van der Waals surface area contributed by atoms with Crippen LogP contribution < -0.4 is 5.32 Å². The van der Waals surface area contributed by atoms with Gasteiger partial charge in [-0.05, 0) is 37.8 Å². The Bertz CT molecular complexity index is 458. The first-order valence-electron chi connectivity index (χ1n) is 6.45. The molecule has 1 heterocycles. The van der Waals surface area contributed by atoms with E-state index >= 15 is 0 Å². The number of carboxylic acids is 1. The van der Waals surface area contributed by atoms with Crippen LogP contribution in [-0.4, -0.2) is 33.8 Å². The van der Waals surface area contributed by atoms with E-state index in [0.717, 1.165) is 5.69 Å². The normalized spacial score (nSPS) is 12.5. The van der Waals surface area contributed by atoms with Gasteiger partial charge in [-0.25, -0.2) is 9.78 Å². The maximum Gasteiger partial charge on any atom is 0.339 e. The number of aliphatic hydroxyl groups is 1. The monoisotopic (exact) mass is 266 g/mol. The molecule has 0 saturated heterocycles. The minimum Gasteiger partial charge on any atom is -0.478 e. The average Bonchev–Trinajstić information content (AvgIpc) is 2.26. The van der Waals surface area contributed by atoms with Crippen LogP contribution in [0.5, 0.6) is 0 Å². The van der Waals surface area contributed by atoms with Crippen LogP contribution in [0.25, 0.3) is 0 Å². The molecule has 106 valence electrons. The molecule has 0 bridgehead atoms. The number of aromatic carboxylic acids is 1. The number of aryl methyl sites for hydroxylation is 2. The molecule has 0 aromatic carbocycles. The van der Waals surface area contributed by atoms with E-state index in [1.165, 1.54) is 0 Å². The molecule has 5 heteroatoms. The van der Waals surface area contributed by atoms with Crippen molar-refractivity contribution >= 4 is 11.8 Å². The van der Waals surface area contributed by atoms with E-state index in [9.17, 15) is 9.90 Å². The van der Waals surface area contributed by atoms with Gasteiger partial charge in [0.15, 0.2) is 0 Å². The number of anilines is 1. The summed E-state index contributed by atoms with van der Waals surface area (Å²) in [6.07, 6.45) is 0.561. The van der Waals surface area contributed by atoms with Gasteiger partial charge in [0, 0.05) is 18.3 Å². The van der Waals surface area contributed by atoms with Crippen LogP contribution >= 0.6 is 0 Å². The summed E-state index contributed by atoms with van der Waals surface area (Å²) in [5, 5.41) is 21.5. The molecule has 1 atom stereocenters. The van der Waals surface area contributed by atoms with E-state index in [1.807, 2.05) is 20.8 Å². The third-order valence-electron chi connectivity index (χ3n) is 3.13. The lowest BCUT2D eigenvalue weighted by Gasteiger charge is -2.23. The molecule has 0 aliphatic heterocycles. The van der Waals surface area contributed by atoms with Crippen molar-refractivity contribution in [3.63, 3.8) is 0 Å². The largest absolute Gasteiger partial charge is 0.478 e. The van der Waals surface area contributed by atoms with Crippen LogP contribution in [0, 0.1) is 19.8 Å². The molecule has 5 nitrogen and oxygen atoms in total. The number of nitrogens with one attached hydrogen (secondary N) is 1. The molecular weight excluding hydrogens is 244 g/mol. The fraction of sp³-hybridized carbons (Fsp3) is 0.571. The van der Waals surface area contributed by atoms with Gasteiger partial charge in [0.25, 0.3) is 0 Å². The first-order chi connectivity index (χ1) is 8.86. The number of rotatable bonds is 6. The van der Waals surface area contributed by atoms with E-state index in [2.05, 4.69) is 10.3 Å². The highest BCUT2D eigenvalue weighted by atomic mass is 16.4. The summed E-state index contributed by atoms with van der Waals surface area (Å²) >= 11 is 0. The predicted molar refractivity (Wildman–Crippen MR) is 74.6 cm³/mol. The van der Waals surface area contributed by atoms with Crippen LogP contribution in [0.15, 0.2) is 6.07 Å². The maximum atomic E-state index is 11.3. The van der Waals surface area contributed by atoms with Gasteiger partial charge in [0.2, 0.25) is 0 Å². The molecule has 0 radical (unpaired) electrons. The zero-order valence-electron chi connectivity index (χ0n) is 11.9. The number of aromatic nitrogens is 1. The summed E-state index contributed by atoms with van der Waals surface area (Å²) in [5.74, 6) is -0.326. The molecule has 19 heavy (non-hydrogen) atoms. The lowest BCUT2D eigenvalue weighted by atomic mass is 10.0. The Morgan fingerprint density at radius 2 is 2.05 bits per heavy atom. The zero-order chi connectivity index (χ0) is 14.6. The van der Waals surface area contributed by atoms with E-state index in [1.54, 1.807) is 13.0 Å². The summed E-state index contributed by atoms with van der Waals surface area (Å²) < 4.78 is 0. The summed E-state index contributed by atoms with van der Waals surface area (Å²) in [6.45, 7) is 7.70. The Hall–Kier alpha value is -1.62. The minimum atomic E-state index is -0.987. The van der Waals surface area contributed by atoms with E-state index in [4.69, 9.17) is 5.11 Å². The first-order valence-corrected chi connectivity index (χ1v) is 6.45.